The van der Waals surface area contributed by atoms with Gasteiger partial charge in [-0.25, -0.2) is 9.78 Å². The maximum atomic E-state index is 10.8. The van der Waals surface area contributed by atoms with E-state index in [4.69, 9.17) is 10.8 Å². The van der Waals surface area contributed by atoms with E-state index >= 15 is 0 Å². The Morgan fingerprint density at radius 3 is 2.93 bits per heavy atom. The summed E-state index contributed by atoms with van der Waals surface area (Å²) in [7, 11) is 0. The third-order valence-electron chi connectivity index (χ3n) is 1.97. The van der Waals surface area contributed by atoms with Gasteiger partial charge in [-0.2, -0.15) is 9.61 Å². The molecule has 0 atom stereocenters. The highest BCUT2D eigenvalue weighted by Gasteiger charge is 2.14. The van der Waals surface area contributed by atoms with Crippen LogP contribution in [0.2, 0.25) is 0 Å². The molecule has 2 aromatic heterocycles. The number of anilines is 1. The summed E-state index contributed by atoms with van der Waals surface area (Å²) in [6.07, 6.45) is 0. The van der Waals surface area contributed by atoms with Crippen molar-refractivity contribution >= 4 is 33.4 Å². The van der Waals surface area contributed by atoms with Crippen molar-refractivity contribution in [2.45, 2.75) is 6.92 Å². The first-order valence-corrected chi connectivity index (χ1v) is 4.84. The molecule has 0 radical (unpaired) electrons. The molecule has 15 heavy (non-hydrogen) atoms. The van der Waals surface area contributed by atoms with Crippen molar-refractivity contribution in [2.24, 2.45) is 0 Å². The van der Waals surface area contributed by atoms with Gasteiger partial charge in [-0.3, -0.25) is 0 Å². The van der Waals surface area contributed by atoms with E-state index in [9.17, 15) is 4.79 Å². The van der Waals surface area contributed by atoms with Gasteiger partial charge in [-0.15, -0.1) is 0 Å². The molecule has 0 amide bonds. The quantitative estimate of drug-likeness (QED) is 0.809. The van der Waals surface area contributed by atoms with Crippen LogP contribution in [-0.4, -0.2) is 25.7 Å². The summed E-state index contributed by atoms with van der Waals surface area (Å²) in [5.74, 6) is -1.06. The van der Waals surface area contributed by atoms with Gasteiger partial charge in [0.05, 0.1) is 15.7 Å². The number of nitrogen functional groups attached to an aromatic ring is 1. The predicted molar refractivity (Wildman–Crippen MR) is 56.8 cm³/mol. The van der Waals surface area contributed by atoms with E-state index < -0.39 is 5.97 Å². The normalized spacial score (nSPS) is 10.8. The van der Waals surface area contributed by atoms with E-state index in [1.807, 2.05) is 0 Å². The number of carboxylic acid groups (broad SMARTS) is 1. The van der Waals surface area contributed by atoms with E-state index in [2.05, 4.69) is 26.0 Å². The number of fused-ring (bicyclic) bond motifs is 1. The fourth-order valence-corrected chi connectivity index (χ4v) is 1.63. The van der Waals surface area contributed by atoms with Gasteiger partial charge in [0, 0.05) is 0 Å². The molecule has 0 fully saturated rings. The van der Waals surface area contributed by atoms with Crippen molar-refractivity contribution in [3.63, 3.8) is 0 Å². The number of hydrogen-bond acceptors (Lipinski definition) is 4. The number of nitrogens with two attached hydrogens (primary N) is 1. The number of carboxylic acids is 1. The fraction of sp³-hybridized carbons (Fsp3) is 0.125. The van der Waals surface area contributed by atoms with E-state index in [1.54, 1.807) is 6.92 Å². The highest BCUT2D eigenvalue weighted by atomic mass is 79.9. The molecule has 0 saturated carbocycles. The van der Waals surface area contributed by atoms with E-state index in [-0.39, 0.29) is 11.6 Å². The van der Waals surface area contributed by atoms with Gasteiger partial charge in [0.15, 0.2) is 5.69 Å². The Labute approximate surface area is 92.9 Å². The molecular weight excluding hydrogens is 264 g/mol. The maximum absolute atomic E-state index is 10.8. The Balaban J connectivity index is 2.85. The third kappa shape index (κ3) is 1.44. The molecule has 0 spiro atoms. The van der Waals surface area contributed by atoms with Crippen molar-refractivity contribution in [2.75, 3.05) is 5.73 Å². The molecule has 2 heterocycles. The summed E-state index contributed by atoms with van der Waals surface area (Å²) in [5.41, 5.74) is 6.81. The van der Waals surface area contributed by atoms with Gasteiger partial charge in [0.2, 0.25) is 5.95 Å². The fourth-order valence-electron chi connectivity index (χ4n) is 1.27. The minimum atomic E-state index is -1.12. The Morgan fingerprint density at radius 1 is 1.67 bits per heavy atom. The van der Waals surface area contributed by atoms with Crippen LogP contribution in [-0.2, 0) is 0 Å². The molecule has 0 aliphatic rings. The smallest absolute Gasteiger partial charge is 0.354 e. The standard InChI is InChI=1S/C8H7BrN4O2/c1-3-6(9)5-2-4(7(14)15)11-8(10)13(5)12-3/h2H,1H3,(H2,10,11)(H,14,15). The summed E-state index contributed by atoms with van der Waals surface area (Å²) in [4.78, 5) is 14.5. The van der Waals surface area contributed by atoms with E-state index in [0.717, 1.165) is 10.2 Å². The zero-order valence-corrected chi connectivity index (χ0v) is 9.32. The Kier molecular flexibility index (Phi) is 2.11. The van der Waals surface area contributed by atoms with Crippen LogP contribution in [0.15, 0.2) is 10.5 Å². The summed E-state index contributed by atoms with van der Waals surface area (Å²) in [6, 6.07) is 1.42. The average Bonchev–Trinajstić information content (AvgIpc) is 2.45. The molecule has 7 heteroatoms. The number of carbonyl (C=O) groups is 1. The second-order valence-corrected chi connectivity index (χ2v) is 3.79. The molecule has 0 aliphatic carbocycles. The summed E-state index contributed by atoms with van der Waals surface area (Å²) in [6.45, 7) is 1.79. The second-order valence-electron chi connectivity index (χ2n) is 3.00. The molecular formula is C8H7BrN4O2. The van der Waals surface area contributed by atoms with E-state index in [0.29, 0.717) is 5.52 Å². The number of aryl methyl sites for hydroxylation is 1. The zero-order valence-electron chi connectivity index (χ0n) is 7.73. The lowest BCUT2D eigenvalue weighted by molar-refractivity contribution is 0.0690. The van der Waals surface area contributed by atoms with Gasteiger partial charge >= 0.3 is 5.97 Å². The lowest BCUT2D eigenvalue weighted by atomic mass is 10.3. The molecule has 0 unspecified atom stereocenters. The lowest BCUT2D eigenvalue weighted by Gasteiger charge is -1.99. The number of aromatic carboxylic acids is 1. The number of nitrogens with zero attached hydrogens (tertiary/aromatic N) is 3. The minimum absolute atomic E-state index is 0.0544. The highest BCUT2D eigenvalue weighted by Crippen LogP contribution is 2.23. The van der Waals surface area contributed by atoms with Crippen LogP contribution in [0.25, 0.3) is 5.52 Å². The summed E-state index contributed by atoms with van der Waals surface area (Å²) >= 11 is 3.31. The molecule has 78 valence electrons. The topological polar surface area (TPSA) is 93.5 Å². The van der Waals surface area contributed by atoms with Crippen LogP contribution < -0.4 is 5.73 Å². The first-order chi connectivity index (χ1) is 7.00. The summed E-state index contributed by atoms with van der Waals surface area (Å²) < 4.78 is 2.12. The third-order valence-corrected chi connectivity index (χ3v) is 2.95. The van der Waals surface area contributed by atoms with Crippen molar-refractivity contribution in [3.8, 4) is 0 Å². The van der Waals surface area contributed by atoms with Crippen LogP contribution in [0.5, 0.6) is 0 Å². The maximum Gasteiger partial charge on any atom is 0.354 e. The molecule has 6 nitrogen and oxygen atoms in total. The second kappa shape index (κ2) is 3.20. The van der Waals surface area contributed by atoms with Crippen molar-refractivity contribution in [1.82, 2.24) is 14.6 Å². The van der Waals surface area contributed by atoms with Crippen molar-refractivity contribution < 1.29 is 9.90 Å². The summed E-state index contributed by atoms with van der Waals surface area (Å²) in [5, 5.41) is 12.9. The average molecular weight is 271 g/mol. The van der Waals surface area contributed by atoms with Crippen LogP contribution in [0.4, 0.5) is 5.95 Å². The Hall–Kier alpha value is -1.63. The number of halogens is 1. The number of rotatable bonds is 1. The van der Waals surface area contributed by atoms with Gasteiger partial charge in [0.1, 0.15) is 0 Å². The van der Waals surface area contributed by atoms with Crippen LogP contribution >= 0.6 is 15.9 Å². The van der Waals surface area contributed by atoms with Crippen molar-refractivity contribution in [1.29, 1.82) is 0 Å². The van der Waals surface area contributed by atoms with E-state index in [1.165, 1.54) is 10.6 Å². The molecule has 0 saturated heterocycles. The minimum Gasteiger partial charge on any atom is -0.477 e. The van der Waals surface area contributed by atoms with Crippen LogP contribution in [0.1, 0.15) is 16.2 Å². The molecule has 0 aromatic carbocycles. The molecule has 2 aromatic rings. The molecule has 0 bridgehead atoms. The first-order valence-electron chi connectivity index (χ1n) is 4.05. The van der Waals surface area contributed by atoms with Gasteiger partial charge in [0.25, 0.3) is 0 Å². The van der Waals surface area contributed by atoms with Gasteiger partial charge in [-0.05, 0) is 28.9 Å². The molecule has 3 N–H and O–H groups in total. The highest BCUT2D eigenvalue weighted by molar-refractivity contribution is 9.10. The molecule has 2 rings (SSSR count). The van der Waals surface area contributed by atoms with Crippen molar-refractivity contribution in [3.05, 3.63) is 21.9 Å². The van der Waals surface area contributed by atoms with Crippen LogP contribution in [0.3, 0.4) is 0 Å². The SMILES string of the molecule is Cc1nn2c(N)nc(C(=O)O)cc2c1Br. The number of hydrogen-bond donors (Lipinski definition) is 2. The Morgan fingerprint density at radius 2 is 2.33 bits per heavy atom. The first kappa shape index (κ1) is 9.91. The molecule has 0 aliphatic heterocycles. The van der Waals surface area contributed by atoms with Crippen LogP contribution in [0, 0.1) is 6.92 Å². The van der Waals surface area contributed by atoms with Gasteiger partial charge in [-0.1, -0.05) is 0 Å². The largest absolute Gasteiger partial charge is 0.477 e. The Bertz CT molecular complexity index is 563. The van der Waals surface area contributed by atoms with Gasteiger partial charge < -0.3 is 10.8 Å². The number of aromatic nitrogens is 3. The predicted octanol–water partition coefficient (Wildman–Crippen LogP) is 1.08. The zero-order chi connectivity index (χ0) is 11.2. The lowest BCUT2D eigenvalue weighted by Crippen LogP contribution is -2.08. The monoisotopic (exact) mass is 270 g/mol.